The van der Waals surface area contributed by atoms with Crippen LogP contribution in [0.3, 0.4) is 0 Å². The van der Waals surface area contributed by atoms with Gasteiger partial charge in [0.25, 0.3) is 0 Å². The lowest BCUT2D eigenvalue weighted by Gasteiger charge is -2.35. The predicted molar refractivity (Wildman–Crippen MR) is 96.2 cm³/mol. The van der Waals surface area contributed by atoms with E-state index in [1.165, 1.54) is 4.80 Å². The molecule has 8 heteroatoms. The van der Waals surface area contributed by atoms with Crippen molar-refractivity contribution in [1.82, 2.24) is 34.7 Å². The van der Waals surface area contributed by atoms with E-state index in [0.717, 1.165) is 29.1 Å². The smallest absolute Gasteiger partial charge is 0.246 e. The first-order valence-electron chi connectivity index (χ1n) is 8.99. The minimum absolute atomic E-state index is 0.00552. The minimum atomic E-state index is 0.00552. The van der Waals surface area contributed by atoms with E-state index < -0.39 is 0 Å². The maximum absolute atomic E-state index is 12.9. The van der Waals surface area contributed by atoms with Gasteiger partial charge in [-0.25, -0.2) is 0 Å². The molecule has 0 fully saturated rings. The van der Waals surface area contributed by atoms with E-state index in [1.807, 2.05) is 36.1 Å². The van der Waals surface area contributed by atoms with Crippen molar-refractivity contribution in [1.29, 1.82) is 0 Å². The Hall–Kier alpha value is -2.77. The summed E-state index contributed by atoms with van der Waals surface area (Å²) >= 11 is 0. The summed E-state index contributed by atoms with van der Waals surface area (Å²) in [5, 5.41) is 17.3. The maximum Gasteiger partial charge on any atom is 0.246 e. The molecule has 136 valence electrons. The molecule has 4 rings (SSSR count). The number of fused-ring (bicyclic) bond motifs is 2. The van der Waals surface area contributed by atoms with Crippen LogP contribution in [-0.2, 0) is 17.9 Å². The molecule has 26 heavy (non-hydrogen) atoms. The zero-order chi connectivity index (χ0) is 18.3. The molecule has 1 amide bonds. The molecule has 0 bridgehead atoms. The Morgan fingerprint density at radius 3 is 2.54 bits per heavy atom. The van der Waals surface area contributed by atoms with Crippen molar-refractivity contribution in [3.05, 3.63) is 35.9 Å². The number of aryl methyl sites for hydroxylation is 1. The third kappa shape index (κ3) is 3.07. The largest absolute Gasteiger partial charge is 0.331 e. The van der Waals surface area contributed by atoms with Gasteiger partial charge in [0.1, 0.15) is 23.4 Å². The maximum atomic E-state index is 12.9. The second-order valence-corrected chi connectivity index (χ2v) is 7.31. The number of carbonyl (C=O) groups is 1. The number of carbonyl (C=O) groups excluding carboxylic acids is 1. The molecule has 1 aliphatic heterocycles. The molecule has 1 aromatic carbocycles. The highest BCUT2D eigenvalue weighted by atomic mass is 16.2. The molecule has 0 aliphatic carbocycles. The van der Waals surface area contributed by atoms with Gasteiger partial charge in [-0.3, -0.25) is 4.79 Å². The van der Waals surface area contributed by atoms with Crippen LogP contribution in [0.5, 0.6) is 0 Å². The molecule has 2 aromatic heterocycles. The molecule has 0 unspecified atom stereocenters. The van der Waals surface area contributed by atoms with Gasteiger partial charge in [0, 0.05) is 6.54 Å². The summed E-state index contributed by atoms with van der Waals surface area (Å²) in [6.07, 6.45) is 0.986. The van der Waals surface area contributed by atoms with Gasteiger partial charge >= 0.3 is 0 Å². The first-order valence-corrected chi connectivity index (χ1v) is 8.99. The quantitative estimate of drug-likeness (QED) is 0.716. The van der Waals surface area contributed by atoms with E-state index in [2.05, 4.69) is 38.8 Å². The van der Waals surface area contributed by atoms with E-state index in [4.69, 9.17) is 0 Å². The SMILES string of the molecule is Cc1nnc2n1[C@@H](CC(C)C)CN(C(=O)Cn1nc3ccccc3n1)C2. The molecule has 3 aromatic rings. The first kappa shape index (κ1) is 16.7. The lowest BCUT2D eigenvalue weighted by molar-refractivity contribution is -0.134. The van der Waals surface area contributed by atoms with Crippen molar-refractivity contribution in [2.24, 2.45) is 5.92 Å². The van der Waals surface area contributed by atoms with E-state index in [1.54, 1.807) is 0 Å². The van der Waals surface area contributed by atoms with Gasteiger partial charge in [-0.05, 0) is 31.4 Å². The molecular weight excluding hydrogens is 330 g/mol. The van der Waals surface area contributed by atoms with Crippen LogP contribution in [0, 0.1) is 12.8 Å². The Morgan fingerprint density at radius 2 is 1.88 bits per heavy atom. The number of rotatable bonds is 4. The summed E-state index contributed by atoms with van der Waals surface area (Å²) in [5.74, 6) is 2.30. The summed E-state index contributed by atoms with van der Waals surface area (Å²) in [5.41, 5.74) is 1.60. The molecule has 8 nitrogen and oxygen atoms in total. The number of hydrogen-bond acceptors (Lipinski definition) is 5. The number of hydrogen-bond donors (Lipinski definition) is 0. The van der Waals surface area contributed by atoms with Crippen molar-refractivity contribution in [2.75, 3.05) is 6.54 Å². The van der Waals surface area contributed by atoms with E-state index in [0.29, 0.717) is 19.0 Å². The standard InChI is InChI=1S/C18H23N7O/c1-12(2)8-14-9-23(10-17-20-19-13(3)25(14)17)18(26)11-24-21-15-6-4-5-7-16(15)22-24/h4-7,12,14H,8-11H2,1-3H3/t14-/m0/s1. The van der Waals surface area contributed by atoms with Crippen LogP contribution < -0.4 is 0 Å². The molecule has 0 spiro atoms. The average Bonchev–Trinajstić information content (AvgIpc) is 3.17. The van der Waals surface area contributed by atoms with Crippen LogP contribution in [-0.4, -0.2) is 47.1 Å². The predicted octanol–water partition coefficient (Wildman–Crippen LogP) is 1.96. The van der Waals surface area contributed by atoms with Crippen LogP contribution in [0.2, 0.25) is 0 Å². The van der Waals surface area contributed by atoms with Crippen molar-refractivity contribution < 1.29 is 4.79 Å². The van der Waals surface area contributed by atoms with E-state index in [-0.39, 0.29) is 18.5 Å². The molecule has 3 heterocycles. The monoisotopic (exact) mass is 353 g/mol. The summed E-state index contributed by atoms with van der Waals surface area (Å²) in [6, 6.07) is 7.84. The van der Waals surface area contributed by atoms with Crippen molar-refractivity contribution >= 4 is 16.9 Å². The van der Waals surface area contributed by atoms with Crippen LogP contribution in [0.25, 0.3) is 11.0 Å². The molecule has 1 aliphatic rings. The molecule has 0 saturated carbocycles. The van der Waals surface area contributed by atoms with Gasteiger partial charge in [0.2, 0.25) is 5.91 Å². The van der Waals surface area contributed by atoms with Crippen LogP contribution in [0.15, 0.2) is 24.3 Å². The number of aromatic nitrogens is 6. The van der Waals surface area contributed by atoms with Crippen molar-refractivity contribution in [3.63, 3.8) is 0 Å². The Balaban J connectivity index is 1.54. The lowest BCUT2D eigenvalue weighted by atomic mass is 10.0. The zero-order valence-corrected chi connectivity index (χ0v) is 15.3. The molecule has 0 saturated heterocycles. The van der Waals surface area contributed by atoms with E-state index >= 15 is 0 Å². The van der Waals surface area contributed by atoms with Gasteiger partial charge in [-0.2, -0.15) is 15.0 Å². The van der Waals surface area contributed by atoms with E-state index in [9.17, 15) is 4.79 Å². The summed E-state index contributed by atoms with van der Waals surface area (Å²) < 4.78 is 2.18. The van der Waals surface area contributed by atoms with Crippen LogP contribution in [0.4, 0.5) is 0 Å². The highest BCUT2D eigenvalue weighted by molar-refractivity contribution is 5.77. The fourth-order valence-electron chi connectivity index (χ4n) is 3.68. The van der Waals surface area contributed by atoms with Gasteiger partial charge in [-0.1, -0.05) is 26.0 Å². The Kier molecular flexibility index (Phi) is 4.18. The summed E-state index contributed by atoms with van der Waals surface area (Å²) in [4.78, 5) is 16.2. The fourth-order valence-corrected chi connectivity index (χ4v) is 3.68. The summed E-state index contributed by atoms with van der Waals surface area (Å²) in [6.45, 7) is 7.65. The fraction of sp³-hybridized carbons (Fsp3) is 0.500. The van der Waals surface area contributed by atoms with Crippen LogP contribution >= 0.6 is 0 Å². The number of nitrogens with zero attached hydrogens (tertiary/aromatic N) is 7. The Bertz CT molecular complexity index is 909. The van der Waals surface area contributed by atoms with Gasteiger partial charge in [-0.15, -0.1) is 10.2 Å². The number of benzene rings is 1. The van der Waals surface area contributed by atoms with Gasteiger partial charge in [0.05, 0.1) is 12.6 Å². The second kappa shape index (κ2) is 6.51. The molecular formula is C18H23N7O. The molecule has 1 atom stereocenters. The molecule has 0 N–H and O–H groups in total. The van der Waals surface area contributed by atoms with Gasteiger partial charge < -0.3 is 9.47 Å². The van der Waals surface area contributed by atoms with Crippen LogP contribution in [0.1, 0.15) is 38.0 Å². The zero-order valence-electron chi connectivity index (χ0n) is 15.3. The summed E-state index contributed by atoms with van der Waals surface area (Å²) in [7, 11) is 0. The second-order valence-electron chi connectivity index (χ2n) is 7.31. The highest BCUT2D eigenvalue weighted by Crippen LogP contribution is 2.27. The highest BCUT2D eigenvalue weighted by Gasteiger charge is 2.31. The Labute approximate surface area is 151 Å². The van der Waals surface area contributed by atoms with Crippen molar-refractivity contribution in [3.8, 4) is 0 Å². The van der Waals surface area contributed by atoms with Gasteiger partial charge in [0.15, 0.2) is 5.82 Å². The topological polar surface area (TPSA) is 81.7 Å². The Morgan fingerprint density at radius 1 is 1.19 bits per heavy atom. The third-order valence-corrected chi connectivity index (χ3v) is 4.77. The minimum Gasteiger partial charge on any atom is -0.331 e. The average molecular weight is 353 g/mol. The third-order valence-electron chi connectivity index (χ3n) is 4.77. The van der Waals surface area contributed by atoms with Crippen molar-refractivity contribution in [2.45, 2.75) is 46.3 Å². The number of amides is 1. The first-order chi connectivity index (χ1) is 12.5. The molecule has 0 radical (unpaired) electrons. The lowest BCUT2D eigenvalue weighted by Crippen LogP contribution is -2.43. The normalized spacial score (nSPS) is 17.1.